The van der Waals surface area contributed by atoms with E-state index < -0.39 is 23.8 Å². The summed E-state index contributed by atoms with van der Waals surface area (Å²) in [6.07, 6.45) is -0.596. The molecule has 7 heteroatoms. The van der Waals surface area contributed by atoms with Crippen molar-refractivity contribution in [1.29, 1.82) is 0 Å². The van der Waals surface area contributed by atoms with E-state index in [4.69, 9.17) is 21.1 Å². The molecule has 3 aromatic carbocycles. The second-order valence-corrected chi connectivity index (χ2v) is 7.12. The molecule has 1 N–H and O–H groups in total. The molecule has 0 unspecified atom stereocenters. The first kappa shape index (κ1) is 19.6. The van der Waals surface area contributed by atoms with Crippen molar-refractivity contribution < 1.29 is 23.4 Å². The lowest BCUT2D eigenvalue weighted by atomic mass is 10.00. The van der Waals surface area contributed by atoms with Crippen molar-refractivity contribution >= 4 is 17.3 Å². The van der Waals surface area contributed by atoms with Gasteiger partial charge >= 0.3 is 0 Å². The highest BCUT2D eigenvalue weighted by molar-refractivity contribution is 6.30. The van der Waals surface area contributed by atoms with Crippen molar-refractivity contribution in [2.24, 2.45) is 0 Å². The number of hydrogen-bond acceptors (Lipinski definition) is 4. The monoisotopic (exact) mass is 417 g/mol. The second-order valence-electron chi connectivity index (χ2n) is 6.68. The van der Waals surface area contributed by atoms with Crippen LogP contribution in [-0.4, -0.2) is 24.5 Å². The number of aliphatic hydroxyl groups is 1. The lowest BCUT2D eigenvalue weighted by molar-refractivity contribution is 0.0519. The molecule has 3 aromatic rings. The van der Waals surface area contributed by atoms with Crippen LogP contribution in [0.5, 0.6) is 11.5 Å². The van der Waals surface area contributed by atoms with Crippen LogP contribution in [0.1, 0.15) is 11.6 Å². The fourth-order valence-electron chi connectivity index (χ4n) is 3.42. The van der Waals surface area contributed by atoms with Crippen molar-refractivity contribution in [3.63, 3.8) is 0 Å². The summed E-state index contributed by atoms with van der Waals surface area (Å²) in [5.74, 6) is -0.0612. The molecule has 0 aromatic heterocycles. The number of nitrogens with zero attached hydrogens (tertiary/aromatic N) is 1. The van der Waals surface area contributed by atoms with Gasteiger partial charge < -0.3 is 19.5 Å². The quantitative estimate of drug-likeness (QED) is 0.611. The molecule has 0 saturated carbocycles. The van der Waals surface area contributed by atoms with E-state index in [1.54, 1.807) is 36.4 Å². The molecule has 0 aliphatic carbocycles. The number of hydrogen-bond donors (Lipinski definition) is 1. The van der Waals surface area contributed by atoms with Crippen molar-refractivity contribution in [2.75, 3.05) is 18.2 Å². The number of ether oxygens (including phenoxy) is 2. The lowest BCUT2D eigenvalue weighted by Gasteiger charge is -2.27. The van der Waals surface area contributed by atoms with E-state index in [1.165, 1.54) is 12.1 Å². The summed E-state index contributed by atoms with van der Waals surface area (Å²) >= 11 is 5.88. The number of aliphatic hydroxyl groups excluding tert-OH is 1. The molecular weight excluding hydrogens is 400 g/mol. The normalized spacial score (nSPS) is 18.8. The Bertz CT molecular complexity index is 962. The zero-order valence-electron chi connectivity index (χ0n) is 15.3. The Morgan fingerprint density at radius 1 is 0.966 bits per heavy atom. The molecule has 1 aliphatic heterocycles. The number of anilines is 1. The molecule has 4 rings (SSSR count). The molecule has 150 valence electrons. The summed E-state index contributed by atoms with van der Waals surface area (Å²) in [7, 11) is 0. The van der Waals surface area contributed by atoms with Crippen molar-refractivity contribution in [3.8, 4) is 11.5 Å². The Balaban J connectivity index is 1.58. The first-order chi connectivity index (χ1) is 14.0. The standard InChI is InChI=1S/C22H18ClF2NO3/c23-15-1-5-19(6-2-15)29-20-7-3-18(4-8-20)26-13-28-21(12-27)22(26)14-9-16(24)11-17(25)10-14/h1-11,21-22,27H,12-13H2/t21-,22-/m0/s1. The van der Waals surface area contributed by atoms with E-state index in [-0.39, 0.29) is 13.3 Å². The Kier molecular flexibility index (Phi) is 5.67. The molecule has 1 fully saturated rings. The second kappa shape index (κ2) is 8.37. The van der Waals surface area contributed by atoms with Gasteiger partial charge in [0, 0.05) is 16.8 Å². The molecule has 0 spiro atoms. The van der Waals surface area contributed by atoms with Crippen LogP contribution < -0.4 is 9.64 Å². The maximum Gasteiger partial charge on any atom is 0.127 e. The molecule has 4 nitrogen and oxygen atoms in total. The highest BCUT2D eigenvalue weighted by atomic mass is 35.5. The Morgan fingerprint density at radius 3 is 2.14 bits per heavy atom. The van der Waals surface area contributed by atoms with Gasteiger partial charge in [-0.1, -0.05) is 11.6 Å². The summed E-state index contributed by atoms with van der Waals surface area (Å²) in [5.41, 5.74) is 1.18. The SMILES string of the molecule is OC[C@@H]1OCN(c2ccc(Oc3ccc(Cl)cc3)cc2)[C@H]1c1cc(F)cc(F)c1. The van der Waals surface area contributed by atoms with Crippen LogP contribution >= 0.6 is 11.6 Å². The minimum atomic E-state index is -0.671. The largest absolute Gasteiger partial charge is 0.457 e. The van der Waals surface area contributed by atoms with Crippen molar-refractivity contribution in [1.82, 2.24) is 0 Å². The molecule has 2 atom stereocenters. The molecule has 0 bridgehead atoms. The molecule has 0 radical (unpaired) electrons. The van der Waals surface area contributed by atoms with Gasteiger partial charge in [0.1, 0.15) is 36.0 Å². The molecule has 0 amide bonds. The molecule has 29 heavy (non-hydrogen) atoms. The third-order valence-corrected chi connectivity index (χ3v) is 4.99. The lowest BCUT2D eigenvalue weighted by Crippen LogP contribution is -2.29. The maximum absolute atomic E-state index is 13.7. The van der Waals surface area contributed by atoms with Crippen LogP contribution in [0.25, 0.3) is 0 Å². The van der Waals surface area contributed by atoms with Gasteiger partial charge in [-0.15, -0.1) is 0 Å². The van der Waals surface area contributed by atoms with E-state index in [9.17, 15) is 13.9 Å². The fraction of sp³-hybridized carbons (Fsp3) is 0.182. The molecule has 1 heterocycles. The Labute approximate surface area is 171 Å². The smallest absolute Gasteiger partial charge is 0.127 e. The predicted molar refractivity (Wildman–Crippen MR) is 106 cm³/mol. The summed E-state index contributed by atoms with van der Waals surface area (Å²) in [5, 5.41) is 10.3. The van der Waals surface area contributed by atoms with Gasteiger partial charge in [-0.3, -0.25) is 0 Å². The summed E-state index contributed by atoms with van der Waals surface area (Å²) < 4.78 is 38.9. The zero-order chi connectivity index (χ0) is 20.4. The first-order valence-corrected chi connectivity index (χ1v) is 9.40. The minimum Gasteiger partial charge on any atom is -0.457 e. The van der Waals surface area contributed by atoms with Gasteiger partial charge in [0.05, 0.1) is 12.6 Å². The number of benzene rings is 3. The molecule has 1 saturated heterocycles. The minimum absolute atomic E-state index is 0.186. The van der Waals surface area contributed by atoms with E-state index in [2.05, 4.69) is 0 Å². The average molecular weight is 418 g/mol. The van der Waals surface area contributed by atoms with Gasteiger partial charge in [0.25, 0.3) is 0 Å². The van der Waals surface area contributed by atoms with Crippen LogP contribution in [-0.2, 0) is 4.74 Å². The van der Waals surface area contributed by atoms with E-state index in [1.807, 2.05) is 17.0 Å². The Morgan fingerprint density at radius 2 is 1.55 bits per heavy atom. The highest BCUT2D eigenvalue weighted by Gasteiger charge is 2.36. The number of rotatable bonds is 5. The molecular formula is C22H18ClF2NO3. The maximum atomic E-state index is 13.7. The van der Waals surface area contributed by atoms with E-state index >= 15 is 0 Å². The summed E-state index contributed by atoms with van der Waals surface area (Å²) in [4.78, 5) is 1.85. The van der Waals surface area contributed by atoms with Gasteiger partial charge in [-0.25, -0.2) is 8.78 Å². The van der Waals surface area contributed by atoms with Crippen LogP contribution in [0.15, 0.2) is 66.7 Å². The van der Waals surface area contributed by atoms with E-state index in [0.29, 0.717) is 22.1 Å². The zero-order valence-corrected chi connectivity index (χ0v) is 16.0. The van der Waals surface area contributed by atoms with Crippen LogP contribution in [0.2, 0.25) is 5.02 Å². The first-order valence-electron chi connectivity index (χ1n) is 9.02. The third kappa shape index (κ3) is 4.34. The average Bonchev–Trinajstić information content (AvgIpc) is 3.14. The highest BCUT2D eigenvalue weighted by Crippen LogP contribution is 2.37. The Hall–Kier alpha value is -2.67. The van der Waals surface area contributed by atoms with Crippen molar-refractivity contribution in [3.05, 3.63) is 89.0 Å². The van der Waals surface area contributed by atoms with Crippen molar-refractivity contribution in [2.45, 2.75) is 12.1 Å². The van der Waals surface area contributed by atoms with Gasteiger partial charge in [0.15, 0.2) is 0 Å². The van der Waals surface area contributed by atoms with Crippen LogP contribution in [0, 0.1) is 11.6 Å². The van der Waals surface area contributed by atoms with Crippen LogP contribution in [0.4, 0.5) is 14.5 Å². The van der Waals surface area contributed by atoms with Gasteiger partial charge in [0.2, 0.25) is 0 Å². The summed E-state index contributed by atoms with van der Waals surface area (Å²) in [6.45, 7) is -0.0809. The summed E-state index contributed by atoms with van der Waals surface area (Å²) in [6, 6.07) is 17.1. The predicted octanol–water partition coefficient (Wildman–Crippen LogP) is 5.31. The van der Waals surface area contributed by atoms with Gasteiger partial charge in [-0.05, 0) is 66.2 Å². The topological polar surface area (TPSA) is 41.9 Å². The molecule has 1 aliphatic rings. The third-order valence-electron chi connectivity index (χ3n) is 4.74. The van der Waals surface area contributed by atoms with E-state index in [0.717, 1.165) is 11.8 Å². The number of halogens is 3. The van der Waals surface area contributed by atoms with Crippen LogP contribution in [0.3, 0.4) is 0 Å². The van der Waals surface area contributed by atoms with Gasteiger partial charge in [-0.2, -0.15) is 0 Å². The fourth-order valence-corrected chi connectivity index (χ4v) is 3.55.